The molecule has 0 saturated heterocycles. The molecule has 1 unspecified atom stereocenters. The van der Waals surface area contributed by atoms with Crippen LogP contribution in [0.25, 0.3) is 10.1 Å². The van der Waals surface area contributed by atoms with Gasteiger partial charge in [-0.1, -0.05) is 46.3 Å². The number of hydrogen-bond acceptors (Lipinski definition) is 3. The molecular formula is C16H15BrN2S. The summed E-state index contributed by atoms with van der Waals surface area (Å²) >= 11 is 5.25. The molecule has 3 N–H and O–H groups in total. The SMILES string of the molecule is NNC(Cc1csc2ccccc12)c1ccc(Br)cc1. The van der Waals surface area contributed by atoms with Gasteiger partial charge in [-0.05, 0) is 46.5 Å². The first kappa shape index (κ1) is 13.8. The van der Waals surface area contributed by atoms with Gasteiger partial charge >= 0.3 is 0 Å². The van der Waals surface area contributed by atoms with E-state index in [4.69, 9.17) is 5.84 Å². The zero-order chi connectivity index (χ0) is 13.9. The summed E-state index contributed by atoms with van der Waals surface area (Å²) in [5.74, 6) is 5.75. The van der Waals surface area contributed by atoms with Crippen molar-refractivity contribution < 1.29 is 0 Å². The number of rotatable bonds is 4. The van der Waals surface area contributed by atoms with Gasteiger partial charge < -0.3 is 0 Å². The lowest BCUT2D eigenvalue weighted by Crippen LogP contribution is -2.29. The number of thiophene rings is 1. The highest BCUT2D eigenvalue weighted by atomic mass is 79.9. The molecule has 0 aliphatic rings. The van der Waals surface area contributed by atoms with Crippen molar-refractivity contribution in [3.05, 3.63) is 69.5 Å². The molecule has 102 valence electrons. The number of halogens is 1. The summed E-state index contributed by atoms with van der Waals surface area (Å²) in [6, 6.07) is 16.9. The molecule has 3 rings (SSSR count). The molecule has 1 heterocycles. The van der Waals surface area contributed by atoms with E-state index in [2.05, 4.69) is 63.1 Å². The van der Waals surface area contributed by atoms with Crippen LogP contribution in [-0.2, 0) is 6.42 Å². The topological polar surface area (TPSA) is 38.0 Å². The predicted molar refractivity (Wildman–Crippen MR) is 89.7 cm³/mol. The molecule has 2 aromatic carbocycles. The van der Waals surface area contributed by atoms with Crippen LogP contribution >= 0.6 is 27.3 Å². The van der Waals surface area contributed by atoms with Gasteiger partial charge in [0.15, 0.2) is 0 Å². The highest BCUT2D eigenvalue weighted by molar-refractivity contribution is 9.10. The van der Waals surface area contributed by atoms with E-state index in [-0.39, 0.29) is 6.04 Å². The smallest absolute Gasteiger partial charge is 0.0500 e. The largest absolute Gasteiger partial charge is 0.271 e. The maximum absolute atomic E-state index is 5.75. The van der Waals surface area contributed by atoms with Gasteiger partial charge in [0.25, 0.3) is 0 Å². The average Bonchev–Trinajstić information content (AvgIpc) is 2.89. The number of benzene rings is 2. The van der Waals surface area contributed by atoms with Crippen molar-refractivity contribution in [1.82, 2.24) is 5.43 Å². The fraction of sp³-hybridized carbons (Fsp3) is 0.125. The average molecular weight is 347 g/mol. The van der Waals surface area contributed by atoms with Gasteiger partial charge in [-0.15, -0.1) is 11.3 Å². The van der Waals surface area contributed by atoms with Crippen LogP contribution in [0.4, 0.5) is 0 Å². The minimum atomic E-state index is 0.126. The van der Waals surface area contributed by atoms with Crippen LogP contribution in [0.3, 0.4) is 0 Å². The monoisotopic (exact) mass is 346 g/mol. The molecule has 0 aliphatic heterocycles. The van der Waals surface area contributed by atoms with Crippen LogP contribution in [-0.4, -0.2) is 0 Å². The number of hydrazine groups is 1. The zero-order valence-corrected chi connectivity index (χ0v) is 13.2. The molecule has 2 nitrogen and oxygen atoms in total. The third-order valence-electron chi connectivity index (χ3n) is 3.46. The Balaban J connectivity index is 1.89. The molecular weight excluding hydrogens is 332 g/mol. The summed E-state index contributed by atoms with van der Waals surface area (Å²) < 4.78 is 2.41. The van der Waals surface area contributed by atoms with E-state index >= 15 is 0 Å². The summed E-state index contributed by atoms with van der Waals surface area (Å²) in [5.41, 5.74) is 5.47. The summed E-state index contributed by atoms with van der Waals surface area (Å²) in [5, 5.41) is 3.56. The van der Waals surface area contributed by atoms with Crippen molar-refractivity contribution in [3.8, 4) is 0 Å². The molecule has 0 amide bonds. The molecule has 3 aromatic rings. The van der Waals surface area contributed by atoms with Crippen molar-refractivity contribution in [2.75, 3.05) is 0 Å². The number of nitrogens with two attached hydrogens (primary N) is 1. The molecule has 0 fully saturated rings. The Morgan fingerprint density at radius 2 is 1.85 bits per heavy atom. The van der Waals surface area contributed by atoms with Crippen LogP contribution in [0.5, 0.6) is 0 Å². The second-order valence-electron chi connectivity index (χ2n) is 4.73. The van der Waals surface area contributed by atoms with Crippen LogP contribution in [0.15, 0.2) is 58.4 Å². The van der Waals surface area contributed by atoms with Gasteiger partial charge in [-0.25, -0.2) is 0 Å². The van der Waals surface area contributed by atoms with Gasteiger partial charge in [0.2, 0.25) is 0 Å². The lowest BCUT2D eigenvalue weighted by atomic mass is 9.99. The quantitative estimate of drug-likeness (QED) is 0.542. The van der Waals surface area contributed by atoms with E-state index in [1.165, 1.54) is 21.2 Å². The Labute approximate surface area is 130 Å². The third kappa shape index (κ3) is 2.79. The van der Waals surface area contributed by atoms with Crippen LogP contribution in [0.2, 0.25) is 0 Å². The maximum Gasteiger partial charge on any atom is 0.0500 e. The van der Waals surface area contributed by atoms with Crippen molar-refractivity contribution >= 4 is 37.4 Å². The molecule has 20 heavy (non-hydrogen) atoms. The van der Waals surface area contributed by atoms with E-state index in [1.807, 2.05) is 12.1 Å². The summed E-state index contributed by atoms with van der Waals surface area (Å²) in [7, 11) is 0. The first-order valence-electron chi connectivity index (χ1n) is 6.44. The Hall–Kier alpha value is -1.20. The van der Waals surface area contributed by atoms with E-state index in [9.17, 15) is 0 Å². The molecule has 4 heteroatoms. The van der Waals surface area contributed by atoms with Crippen LogP contribution in [0.1, 0.15) is 17.2 Å². The van der Waals surface area contributed by atoms with Crippen molar-refractivity contribution in [3.63, 3.8) is 0 Å². The molecule has 1 atom stereocenters. The maximum atomic E-state index is 5.75. The highest BCUT2D eigenvalue weighted by Crippen LogP contribution is 2.29. The fourth-order valence-electron chi connectivity index (χ4n) is 2.38. The summed E-state index contributed by atoms with van der Waals surface area (Å²) in [6.07, 6.45) is 0.891. The Morgan fingerprint density at radius 3 is 2.60 bits per heavy atom. The molecule has 0 spiro atoms. The second kappa shape index (κ2) is 6.06. The van der Waals surface area contributed by atoms with Gasteiger partial charge in [0, 0.05) is 9.17 Å². The van der Waals surface area contributed by atoms with Crippen molar-refractivity contribution in [2.24, 2.45) is 5.84 Å². The summed E-state index contributed by atoms with van der Waals surface area (Å²) in [6.45, 7) is 0. The lowest BCUT2D eigenvalue weighted by molar-refractivity contribution is 0.554. The lowest BCUT2D eigenvalue weighted by Gasteiger charge is -2.16. The zero-order valence-electron chi connectivity index (χ0n) is 10.8. The van der Waals surface area contributed by atoms with Gasteiger partial charge in [-0.3, -0.25) is 11.3 Å². The number of fused-ring (bicyclic) bond motifs is 1. The third-order valence-corrected chi connectivity index (χ3v) is 5.00. The van der Waals surface area contributed by atoms with Crippen LogP contribution in [0, 0.1) is 0 Å². The minimum absolute atomic E-state index is 0.126. The Kier molecular flexibility index (Phi) is 4.17. The van der Waals surface area contributed by atoms with Crippen molar-refractivity contribution in [1.29, 1.82) is 0 Å². The van der Waals surface area contributed by atoms with E-state index in [0.29, 0.717) is 0 Å². The Bertz CT molecular complexity index is 706. The fourth-order valence-corrected chi connectivity index (χ4v) is 3.62. The van der Waals surface area contributed by atoms with Gasteiger partial charge in [0.1, 0.15) is 0 Å². The number of nitrogens with one attached hydrogen (secondary N) is 1. The minimum Gasteiger partial charge on any atom is -0.271 e. The number of hydrogen-bond donors (Lipinski definition) is 2. The predicted octanol–water partition coefficient (Wildman–Crippen LogP) is 4.41. The normalized spacial score (nSPS) is 12.7. The second-order valence-corrected chi connectivity index (χ2v) is 6.56. The molecule has 0 aliphatic carbocycles. The van der Waals surface area contributed by atoms with E-state index < -0.39 is 0 Å². The molecule has 0 bridgehead atoms. The highest BCUT2D eigenvalue weighted by Gasteiger charge is 2.13. The first-order chi connectivity index (χ1) is 9.78. The van der Waals surface area contributed by atoms with Gasteiger partial charge in [-0.2, -0.15) is 0 Å². The van der Waals surface area contributed by atoms with Gasteiger partial charge in [0.05, 0.1) is 6.04 Å². The standard InChI is InChI=1S/C16H15BrN2S/c17-13-7-5-11(6-8-13)15(19-18)9-12-10-20-16-4-2-1-3-14(12)16/h1-8,10,15,19H,9,18H2. The summed E-state index contributed by atoms with van der Waals surface area (Å²) in [4.78, 5) is 0. The van der Waals surface area contributed by atoms with E-state index in [1.54, 1.807) is 11.3 Å². The molecule has 0 saturated carbocycles. The Morgan fingerprint density at radius 1 is 1.10 bits per heavy atom. The van der Waals surface area contributed by atoms with E-state index in [0.717, 1.165) is 10.9 Å². The van der Waals surface area contributed by atoms with Crippen molar-refractivity contribution in [2.45, 2.75) is 12.5 Å². The first-order valence-corrected chi connectivity index (χ1v) is 8.12. The molecule has 1 aromatic heterocycles. The van der Waals surface area contributed by atoms with Crippen LogP contribution < -0.4 is 11.3 Å². The molecule has 0 radical (unpaired) electrons.